The number of hydrogen-bond donors (Lipinski definition) is 1. The number of amides is 1. The van der Waals surface area contributed by atoms with Crippen molar-refractivity contribution in [2.24, 2.45) is 0 Å². The van der Waals surface area contributed by atoms with Crippen LogP contribution in [0.2, 0.25) is 10.0 Å². The number of thioether (sulfide) groups is 1. The summed E-state index contributed by atoms with van der Waals surface area (Å²) in [6, 6.07) is 12.5. The van der Waals surface area contributed by atoms with E-state index in [2.05, 4.69) is 22.1 Å². The second kappa shape index (κ2) is 9.82. The molecular weight excluding hydrogens is 431 g/mol. The van der Waals surface area contributed by atoms with Crippen LogP contribution in [-0.4, -0.2) is 33.5 Å². The summed E-state index contributed by atoms with van der Waals surface area (Å²) in [5.74, 6) is 1.37. The first-order chi connectivity index (χ1) is 14.0. The second-order valence-electron chi connectivity index (χ2n) is 5.90. The molecule has 1 heterocycles. The van der Waals surface area contributed by atoms with Crippen LogP contribution in [0, 0.1) is 0 Å². The SMILES string of the molecule is C=CCn1c(SCC(=O)Nc2ccc(Cl)c(Cl)c2)nnc1-c1cccc(OC)c1. The van der Waals surface area contributed by atoms with Crippen molar-refractivity contribution in [1.29, 1.82) is 0 Å². The molecule has 9 heteroatoms. The van der Waals surface area contributed by atoms with Crippen LogP contribution in [0.4, 0.5) is 5.69 Å². The van der Waals surface area contributed by atoms with Gasteiger partial charge in [-0.15, -0.1) is 16.8 Å². The summed E-state index contributed by atoms with van der Waals surface area (Å²) >= 11 is 13.2. The average Bonchev–Trinajstić information content (AvgIpc) is 3.12. The Kier molecular flexibility index (Phi) is 7.19. The average molecular weight is 449 g/mol. The van der Waals surface area contributed by atoms with Gasteiger partial charge in [0.2, 0.25) is 5.91 Å². The minimum Gasteiger partial charge on any atom is -0.497 e. The molecule has 0 aliphatic rings. The number of nitrogens with zero attached hydrogens (tertiary/aromatic N) is 3. The Morgan fingerprint density at radius 2 is 2.07 bits per heavy atom. The van der Waals surface area contributed by atoms with Gasteiger partial charge in [-0.1, -0.05) is 53.2 Å². The van der Waals surface area contributed by atoms with Crippen molar-refractivity contribution in [2.75, 3.05) is 18.2 Å². The van der Waals surface area contributed by atoms with Crippen molar-refractivity contribution in [3.8, 4) is 17.1 Å². The van der Waals surface area contributed by atoms with E-state index in [1.165, 1.54) is 11.8 Å². The van der Waals surface area contributed by atoms with E-state index >= 15 is 0 Å². The molecule has 0 radical (unpaired) electrons. The number of anilines is 1. The van der Waals surface area contributed by atoms with Gasteiger partial charge >= 0.3 is 0 Å². The second-order valence-corrected chi connectivity index (χ2v) is 7.66. The molecule has 0 unspecified atom stereocenters. The summed E-state index contributed by atoms with van der Waals surface area (Å²) in [6.07, 6.45) is 1.76. The van der Waals surface area contributed by atoms with E-state index in [9.17, 15) is 4.79 Å². The third kappa shape index (κ3) is 5.32. The molecule has 150 valence electrons. The highest BCUT2D eigenvalue weighted by atomic mass is 35.5. The number of nitrogens with one attached hydrogen (secondary N) is 1. The predicted octanol–water partition coefficient (Wildman–Crippen LogP) is 5.18. The Morgan fingerprint density at radius 1 is 1.24 bits per heavy atom. The lowest BCUT2D eigenvalue weighted by Gasteiger charge is -2.09. The molecule has 0 saturated heterocycles. The van der Waals surface area contributed by atoms with Crippen molar-refractivity contribution in [1.82, 2.24) is 14.8 Å². The Hall–Kier alpha value is -2.48. The molecular formula is C20H18Cl2N4O2S. The zero-order chi connectivity index (χ0) is 20.8. The minimum atomic E-state index is -0.190. The van der Waals surface area contributed by atoms with Gasteiger partial charge in [-0.05, 0) is 30.3 Å². The van der Waals surface area contributed by atoms with Gasteiger partial charge in [-0.2, -0.15) is 0 Å². The maximum absolute atomic E-state index is 12.3. The van der Waals surface area contributed by atoms with Crippen molar-refractivity contribution in [3.05, 3.63) is 65.2 Å². The summed E-state index contributed by atoms with van der Waals surface area (Å²) < 4.78 is 7.18. The number of benzene rings is 2. The zero-order valence-corrected chi connectivity index (χ0v) is 17.9. The first-order valence-electron chi connectivity index (χ1n) is 8.58. The van der Waals surface area contributed by atoms with E-state index in [0.29, 0.717) is 33.3 Å². The van der Waals surface area contributed by atoms with Gasteiger partial charge < -0.3 is 10.1 Å². The number of ether oxygens (including phenoxy) is 1. The molecule has 3 aromatic rings. The minimum absolute atomic E-state index is 0.160. The Balaban J connectivity index is 1.73. The third-order valence-corrected chi connectivity index (χ3v) is 5.60. The number of carbonyl (C=O) groups is 1. The van der Waals surface area contributed by atoms with Gasteiger partial charge in [0.25, 0.3) is 0 Å². The maximum atomic E-state index is 12.3. The highest BCUT2D eigenvalue weighted by molar-refractivity contribution is 7.99. The highest BCUT2D eigenvalue weighted by Crippen LogP contribution is 2.28. The Bertz CT molecular complexity index is 1040. The number of halogens is 2. The number of carbonyl (C=O) groups excluding carboxylic acids is 1. The van der Waals surface area contributed by atoms with Crippen LogP contribution in [0.3, 0.4) is 0 Å². The predicted molar refractivity (Wildman–Crippen MR) is 118 cm³/mol. The molecule has 6 nitrogen and oxygen atoms in total. The van der Waals surface area contributed by atoms with E-state index in [-0.39, 0.29) is 11.7 Å². The molecule has 0 atom stereocenters. The number of methoxy groups -OCH3 is 1. The van der Waals surface area contributed by atoms with E-state index in [1.807, 2.05) is 28.8 Å². The molecule has 1 aromatic heterocycles. The molecule has 0 aliphatic carbocycles. The molecule has 29 heavy (non-hydrogen) atoms. The lowest BCUT2D eigenvalue weighted by Crippen LogP contribution is -2.14. The van der Waals surface area contributed by atoms with Crippen molar-refractivity contribution < 1.29 is 9.53 Å². The van der Waals surface area contributed by atoms with Crippen molar-refractivity contribution in [3.63, 3.8) is 0 Å². The molecule has 0 spiro atoms. The molecule has 0 bridgehead atoms. The molecule has 1 N–H and O–H groups in total. The van der Waals surface area contributed by atoms with Crippen LogP contribution >= 0.6 is 35.0 Å². The van der Waals surface area contributed by atoms with Crippen molar-refractivity contribution >= 4 is 46.6 Å². The van der Waals surface area contributed by atoms with Crippen LogP contribution in [-0.2, 0) is 11.3 Å². The number of hydrogen-bond acceptors (Lipinski definition) is 5. The summed E-state index contributed by atoms with van der Waals surface area (Å²) in [6.45, 7) is 4.31. The molecule has 2 aromatic carbocycles. The maximum Gasteiger partial charge on any atom is 0.234 e. The van der Waals surface area contributed by atoms with Crippen LogP contribution in [0.15, 0.2) is 60.3 Å². The summed E-state index contributed by atoms with van der Waals surface area (Å²) in [7, 11) is 1.61. The first-order valence-corrected chi connectivity index (χ1v) is 10.3. The Labute approximate surface area is 182 Å². The smallest absolute Gasteiger partial charge is 0.234 e. The van der Waals surface area contributed by atoms with Crippen LogP contribution in [0.5, 0.6) is 5.75 Å². The highest BCUT2D eigenvalue weighted by Gasteiger charge is 2.15. The van der Waals surface area contributed by atoms with Gasteiger partial charge in [0.05, 0.1) is 22.9 Å². The molecule has 1 amide bonds. The zero-order valence-electron chi connectivity index (χ0n) is 15.6. The monoisotopic (exact) mass is 448 g/mol. The molecule has 0 fully saturated rings. The standard InChI is InChI=1S/C20H18Cl2N4O2S/c1-3-9-26-19(13-5-4-6-15(10-13)28-2)24-25-20(26)29-12-18(27)23-14-7-8-16(21)17(22)11-14/h3-8,10-11H,1,9,12H2,2H3,(H,23,27). The summed E-state index contributed by atoms with van der Waals surface area (Å²) in [5.41, 5.74) is 1.44. The first kappa shape index (κ1) is 21.2. The molecule has 3 rings (SSSR count). The van der Waals surface area contributed by atoms with Crippen molar-refractivity contribution in [2.45, 2.75) is 11.7 Å². The number of aromatic nitrogens is 3. The lowest BCUT2D eigenvalue weighted by atomic mass is 10.2. The summed E-state index contributed by atoms with van der Waals surface area (Å²) in [5, 5.41) is 12.7. The van der Waals surface area contributed by atoms with Gasteiger partial charge in [0.15, 0.2) is 11.0 Å². The van der Waals surface area contributed by atoms with Crippen LogP contribution in [0.25, 0.3) is 11.4 Å². The van der Waals surface area contributed by atoms with Gasteiger partial charge in [0.1, 0.15) is 5.75 Å². The Morgan fingerprint density at radius 3 is 2.79 bits per heavy atom. The third-order valence-electron chi connectivity index (χ3n) is 3.89. The van der Waals surface area contributed by atoms with E-state index in [1.54, 1.807) is 31.4 Å². The number of rotatable bonds is 8. The largest absolute Gasteiger partial charge is 0.497 e. The fraction of sp³-hybridized carbons (Fsp3) is 0.150. The van der Waals surface area contributed by atoms with Crippen LogP contribution in [0.1, 0.15) is 0 Å². The summed E-state index contributed by atoms with van der Waals surface area (Å²) in [4.78, 5) is 12.3. The lowest BCUT2D eigenvalue weighted by molar-refractivity contribution is -0.113. The number of allylic oxidation sites excluding steroid dienone is 1. The molecule has 0 saturated carbocycles. The van der Waals surface area contributed by atoms with Gasteiger partial charge in [-0.3, -0.25) is 9.36 Å². The quantitative estimate of drug-likeness (QED) is 0.379. The molecule has 0 aliphatic heterocycles. The van der Waals surface area contributed by atoms with Crippen LogP contribution < -0.4 is 10.1 Å². The van der Waals surface area contributed by atoms with E-state index in [4.69, 9.17) is 27.9 Å². The van der Waals surface area contributed by atoms with Gasteiger partial charge in [0, 0.05) is 17.8 Å². The fourth-order valence-electron chi connectivity index (χ4n) is 2.57. The topological polar surface area (TPSA) is 69.0 Å². The van der Waals surface area contributed by atoms with Gasteiger partial charge in [-0.25, -0.2) is 0 Å². The fourth-order valence-corrected chi connectivity index (χ4v) is 3.61. The van der Waals surface area contributed by atoms with E-state index < -0.39 is 0 Å². The van der Waals surface area contributed by atoms with E-state index in [0.717, 1.165) is 11.3 Å². The normalized spacial score (nSPS) is 10.6.